The molecule has 1 aromatic carbocycles. The van der Waals surface area contributed by atoms with Crippen LogP contribution in [0.5, 0.6) is 0 Å². The fourth-order valence-electron chi connectivity index (χ4n) is 2.02. The third-order valence-electron chi connectivity index (χ3n) is 3.11. The van der Waals surface area contributed by atoms with E-state index in [2.05, 4.69) is 15.8 Å². The van der Waals surface area contributed by atoms with Gasteiger partial charge in [0.05, 0.1) is 13.2 Å². The Morgan fingerprint density at radius 2 is 2.19 bits per heavy atom. The molecular formula is C15H19N3O3. The zero-order chi connectivity index (χ0) is 15.2. The summed E-state index contributed by atoms with van der Waals surface area (Å²) in [6.45, 7) is 4.42. The summed E-state index contributed by atoms with van der Waals surface area (Å²) in [5, 5.41) is 18.6. The molecule has 1 aromatic heterocycles. The van der Waals surface area contributed by atoms with E-state index >= 15 is 0 Å². The Bertz CT molecular complexity index is 622. The number of rotatable bonds is 6. The number of nitrogens with one attached hydrogen (secondary N) is 2. The van der Waals surface area contributed by atoms with Crippen molar-refractivity contribution in [2.45, 2.75) is 20.4 Å². The predicted octanol–water partition coefficient (Wildman–Crippen LogP) is 1.63. The van der Waals surface area contributed by atoms with Crippen LogP contribution in [0.4, 0.5) is 5.69 Å². The number of anilines is 1. The lowest BCUT2D eigenvalue weighted by Crippen LogP contribution is -2.27. The highest BCUT2D eigenvalue weighted by Gasteiger charge is 2.11. The number of hydrogen-bond donors (Lipinski definition) is 3. The van der Waals surface area contributed by atoms with E-state index in [-0.39, 0.29) is 19.1 Å². The van der Waals surface area contributed by atoms with Gasteiger partial charge in [-0.2, -0.15) is 0 Å². The molecule has 0 bridgehead atoms. The molecule has 0 aliphatic rings. The van der Waals surface area contributed by atoms with Crippen LogP contribution >= 0.6 is 0 Å². The molecule has 1 amide bonds. The van der Waals surface area contributed by atoms with E-state index in [0.717, 1.165) is 22.7 Å². The van der Waals surface area contributed by atoms with E-state index in [1.54, 1.807) is 6.07 Å². The van der Waals surface area contributed by atoms with Crippen molar-refractivity contribution in [2.24, 2.45) is 0 Å². The van der Waals surface area contributed by atoms with Crippen molar-refractivity contribution in [1.82, 2.24) is 10.5 Å². The van der Waals surface area contributed by atoms with Crippen LogP contribution in [-0.2, 0) is 6.54 Å². The molecule has 0 aliphatic carbocycles. The minimum atomic E-state index is -0.192. The van der Waals surface area contributed by atoms with Crippen molar-refractivity contribution in [1.29, 1.82) is 0 Å². The molecule has 2 aromatic rings. The molecule has 6 nitrogen and oxygen atoms in total. The van der Waals surface area contributed by atoms with Crippen LogP contribution in [0.15, 0.2) is 28.8 Å². The number of aliphatic hydroxyl groups excluding tert-OH is 1. The standard InChI is InChI=1S/C15H19N3O3/c1-10-8-12(18-21-10)9-17-14-5-3-4-13(11(14)2)15(20)16-6-7-19/h3-5,8,17,19H,6-7,9H2,1-2H3,(H,16,20). The van der Waals surface area contributed by atoms with Crippen LogP contribution in [-0.4, -0.2) is 29.3 Å². The predicted molar refractivity (Wildman–Crippen MR) is 79.2 cm³/mol. The van der Waals surface area contributed by atoms with Gasteiger partial charge in [0.15, 0.2) is 0 Å². The zero-order valence-electron chi connectivity index (χ0n) is 12.1. The summed E-state index contributed by atoms with van der Waals surface area (Å²) in [7, 11) is 0. The molecule has 1 heterocycles. The Labute approximate surface area is 123 Å². The second-order valence-electron chi connectivity index (χ2n) is 4.74. The highest BCUT2D eigenvalue weighted by Crippen LogP contribution is 2.19. The molecule has 0 fully saturated rings. The Kier molecular flexibility index (Phi) is 4.94. The molecule has 0 radical (unpaired) electrons. The SMILES string of the molecule is Cc1cc(CNc2cccc(C(=O)NCCO)c2C)no1. The summed E-state index contributed by atoms with van der Waals surface area (Å²) >= 11 is 0. The summed E-state index contributed by atoms with van der Waals surface area (Å²) in [6.07, 6.45) is 0. The Morgan fingerprint density at radius 3 is 2.86 bits per heavy atom. The number of carbonyl (C=O) groups excluding carboxylic acids is 1. The topological polar surface area (TPSA) is 87.4 Å². The van der Waals surface area contributed by atoms with Gasteiger partial charge in [0, 0.05) is 23.9 Å². The molecule has 0 saturated carbocycles. The summed E-state index contributed by atoms with van der Waals surface area (Å²) in [6, 6.07) is 7.34. The Morgan fingerprint density at radius 1 is 1.38 bits per heavy atom. The van der Waals surface area contributed by atoms with Crippen molar-refractivity contribution in [3.05, 3.63) is 46.8 Å². The first-order valence-corrected chi connectivity index (χ1v) is 6.76. The van der Waals surface area contributed by atoms with Gasteiger partial charge in [-0.05, 0) is 31.5 Å². The van der Waals surface area contributed by atoms with Crippen LogP contribution < -0.4 is 10.6 Å². The van der Waals surface area contributed by atoms with Crippen LogP contribution in [0.3, 0.4) is 0 Å². The lowest BCUT2D eigenvalue weighted by Gasteiger charge is -2.12. The van der Waals surface area contributed by atoms with Crippen molar-refractivity contribution >= 4 is 11.6 Å². The molecule has 0 saturated heterocycles. The summed E-state index contributed by atoms with van der Waals surface area (Å²) in [5.74, 6) is 0.572. The van der Waals surface area contributed by atoms with Crippen LogP contribution in [0, 0.1) is 13.8 Å². The number of carbonyl (C=O) groups is 1. The first kappa shape index (κ1) is 15.1. The number of aryl methyl sites for hydroxylation is 1. The second kappa shape index (κ2) is 6.90. The molecule has 2 rings (SSSR count). The minimum absolute atomic E-state index is 0.0752. The monoisotopic (exact) mass is 289 g/mol. The van der Waals surface area contributed by atoms with E-state index in [1.165, 1.54) is 0 Å². The normalized spacial score (nSPS) is 10.4. The third kappa shape index (κ3) is 3.82. The lowest BCUT2D eigenvalue weighted by molar-refractivity contribution is 0.0944. The fourth-order valence-corrected chi connectivity index (χ4v) is 2.02. The molecule has 0 unspecified atom stereocenters. The maximum atomic E-state index is 12.0. The molecule has 0 atom stereocenters. The van der Waals surface area contributed by atoms with Gasteiger partial charge in [0.25, 0.3) is 5.91 Å². The molecule has 112 valence electrons. The summed E-state index contributed by atoms with van der Waals surface area (Å²) in [5.41, 5.74) is 3.12. The van der Waals surface area contributed by atoms with E-state index in [0.29, 0.717) is 12.1 Å². The summed E-state index contributed by atoms with van der Waals surface area (Å²) in [4.78, 5) is 12.0. The van der Waals surface area contributed by atoms with Gasteiger partial charge in [-0.3, -0.25) is 4.79 Å². The minimum Gasteiger partial charge on any atom is -0.395 e. The Hall–Kier alpha value is -2.34. The number of amides is 1. The van der Waals surface area contributed by atoms with Gasteiger partial charge in [0.1, 0.15) is 11.5 Å². The summed E-state index contributed by atoms with van der Waals surface area (Å²) < 4.78 is 5.01. The van der Waals surface area contributed by atoms with Gasteiger partial charge >= 0.3 is 0 Å². The van der Waals surface area contributed by atoms with Crippen molar-refractivity contribution in [3.63, 3.8) is 0 Å². The first-order chi connectivity index (χ1) is 10.1. The molecule has 0 spiro atoms. The fraction of sp³-hybridized carbons (Fsp3) is 0.333. The third-order valence-corrected chi connectivity index (χ3v) is 3.11. The maximum absolute atomic E-state index is 12.0. The van der Waals surface area contributed by atoms with Gasteiger partial charge < -0.3 is 20.3 Å². The number of aliphatic hydroxyl groups is 1. The highest BCUT2D eigenvalue weighted by atomic mass is 16.5. The van der Waals surface area contributed by atoms with Crippen LogP contribution in [0.1, 0.15) is 27.4 Å². The first-order valence-electron chi connectivity index (χ1n) is 6.76. The van der Waals surface area contributed by atoms with Gasteiger partial charge in [0.2, 0.25) is 0 Å². The van der Waals surface area contributed by atoms with E-state index in [4.69, 9.17) is 9.63 Å². The number of benzene rings is 1. The van der Waals surface area contributed by atoms with Gasteiger partial charge in [-0.1, -0.05) is 11.2 Å². The average molecular weight is 289 g/mol. The molecular weight excluding hydrogens is 270 g/mol. The highest BCUT2D eigenvalue weighted by molar-refractivity contribution is 5.97. The van der Waals surface area contributed by atoms with E-state index < -0.39 is 0 Å². The molecule has 3 N–H and O–H groups in total. The van der Waals surface area contributed by atoms with Crippen molar-refractivity contribution in [3.8, 4) is 0 Å². The molecule has 21 heavy (non-hydrogen) atoms. The number of hydrogen-bond acceptors (Lipinski definition) is 5. The average Bonchev–Trinajstić information content (AvgIpc) is 2.89. The van der Waals surface area contributed by atoms with Crippen LogP contribution in [0.2, 0.25) is 0 Å². The molecule has 6 heteroatoms. The largest absolute Gasteiger partial charge is 0.395 e. The van der Waals surface area contributed by atoms with Crippen molar-refractivity contribution in [2.75, 3.05) is 18.5 Å². The molecule has 0 aliphatic heterocycles. The maximum Gasteiger partial charge on any atom is 0.251 e. The van der Waals surface area contributed by atoms with Crippen LogP contribution in [0.25, 0.3) is 0 Å². The Balaban J connectivity index is 2.08. The number of aromatic nitrogens is 1. The van der Waals surface area contributed by atoms with Gasteiger partial charge in [-0.15, -0.1) is 0 Å². The second-order valence-corrected chi connectivity index (χ2v) is 4.74. The van der Waals surface area contributed by atoms with E-state index in [9.17, 15) is 4.79 Å². The van der Waals surface area contributed by atoms with Gasteiger partial charge in [-0.25, -0.2) is 0 Å². The van der Waals surface area contributed by atoms with Crippen molar-refractivity contribution < 1.29 is 14.4 Å². The van der Waals surface area contributed by atoms with E-state index in [1.807, 2.05) is 32.0 Å². The number of nitrogens with zero attached hydrogens (tertiary/aromatic N) is 1. The lowest BCUT2D eigenvalue weighted by atomic mass is 10.1. The quantitative estimate of drug-likeness (QED) is 0.752. The zero-order valence-corrected chi connectivity index (χ0v) is 12.1. The smallest absolute Gasteiger partial charge is 0.251 e.